The Bertz CT molecular complexity index is 1280. The van der Waals surface area contributed by atoms with Gasteiger partial charge in [0.25, 0.3) is 0 Å². The van der Waals surface area contributed by atoms with Gasteiger partial charge < -0.3 is 35.0 Å². The molecular formula is C29H33FN2O7. The number of benzene rings is 2. The van der Waals surface area contributed by atoms with E-state index in [1.165, 1.54) is 19.2 Å². The van der Waals surface area contributed by atoms with Crippen molar-refractivity contribution in [1.29, 1.82) is 0 Å². The van der Waals surface area contributed by atoms with E-state index in [9.17, 15) is 29.3 Å². The minimum Gasteiger partial charge on any atom is -0.493 e. The summed E-state index contributed by atoms with van der Waals surface area (Å²) in [4.78, 5) is 28.4. The van der Waals surface area contributed by atoms with E-state index in [1.54, 1.807) is 35.2 Å². The van der Waals surface area contributed by atoms with Gasteiger partial charge in [-0.3, -0.25) is 9.59 Å². The summed E-state index contributed by atoms with van der Waals surface area (Å²) in [5.41, 5.74) is 2.15. The number of fused-ring (bicyclic) bond motifs is 3. The Balaban J connectivity index is 1.54. The monoisotopic (exact) mass is 540 g/mol. The van der Waals surface area contributed by atoms with E-state index in [2.05, 4.69) is 5.32 Å². The van der Waals surface area contributed by atoms with Crippen molar-refractivity contribution >= 4 is 11.8 Å². The van der Waals surface area contributed by atoms with Gasteiger partial charge in [-0.05, 0) is 60.7 Å². The van der Waals surface area contributed by atoms with E-state index in [0.29, 0.717) is 40.2 Å². The molecule has 0 saturated heterocycles. The maximum Gasteiger partial charge on any atom is 0.247 e. The standard InChI is InChI=1S/C29H33FN2O7/c1-38-23-13-17(15-34)12-20-24-21(28(36)31-8-10-33)14-22(25(35)27(24)39-26(20)23)32(29(37)18-5-6-18)9-7-16-3-2-4-19(30)11-16/h2-4,11-14,18,22,24-25,27,33-35H,5-10,15H2,1H3,(H,31,36). The number of ether oxygens (including phenoxy) is 2. The van der Waals surface area contributed by atoms with E-state index in [1.807, 2.05) is 0 Å². The van der Waals surface area contributed by atoms with Crippen LogP contribution < -0.4 is 14.8 Å². The van der Waals surface area contributed by atoms with Crippen molar-refractivity contribution < 1.29 is 38.8 Å². The van der Waals surface area contributed by atoms with Crippen LogP contribution in [0.2, 0.25) is 0 Å². The van der Waals surface area contributed by atoms with Gasteiger partial charge >= 0.3 is 0 Å². The van der Waals surface area contributed by atoms with Crippen LogP contribution in [0.3, 0.4) is 0 Å². The molecule has 2 aromatic rings. The van der Waals surface area contributed by atoms with Crippen molar-refractivity contribution in [2.24, 2.45) is 5.92 Å². The second-order valence-electron chi connectivity index (χ2n) is 10.2. The molecule has 10 heteroatoms. The van der Waals surface area contributed by atoms with Crippen LogP contribution in [0.25, 0.3) is 0 Å². The summed E-state index contributed by atoms with van der Waals surface area (Å²) >= 11 is 0. The van der Waals surface area contributed by atoms with Gasteiger partial charge in [-0.1, -0.05) is 12.1 Å². The van der Waals surface area contributed by atoms with E-state index in [4.69, 9.17) is 9.47 Å². The molecular weight excluding hydrogens is 507 g/mol. The highest BCUT2D eigenvalue weighted by Crippen LogP contribution is 2.51. The number of carbonyl (C=O) groups is 2. The van der Waals surface area contributed by atoms with Gasteiger partial charge in [0.05, 0.1) is 32.3 Å². The zero-order chi connectivity index (χ0) is 27.7. The third-order valence-electron chi connectivity index (χ3n) is 7.59. The number of amides is 2. The van der Waals surface area contributed by atoms with Crippen LogP contribution in [0, 0.1) is 11.7 Å². The number of nitrogens with zero attached hydrogens (tertiary/aromatic N) is 1. The SMILES string of the molecule is COc1cc(CO)cc2c1OC1C2C(C(=O)NCCO)=CC(N(CCc2cccc(F)c2)C(=O)C2CC2)C1O. The Labute approximate surface area is 225 Å². The second kappa shape index (κ2) is 11.3. The summed E-state index contributed by atoms with van der Waals surface area (Å²) in [6.07, 6.45) is 1.38. The van der Waals surface area contributed by atoms with Gasteiger partial charge in [-0.2, -0.15) is 0 Å². The predicted octanol–water partition coefficient (Wildman–Crippen LogP) is 1.43. The van der Waals surface area contributed by atoms with Crippen LogP contribution in [0.1, 0.15) is 35.4 Å². The number of carbonyl (C=O) groups excluding carboxylic acids is 2. The molecule has 2 aromatic carbocycles. The molecule has 9 nitrogen and oxygen atoms in total. The quantitative estimate of drug-likeness (QED) is 0.359. The molecule has 2 aliphatic carbocycles. The third kappa shape index (κ3) is 5.36. The highest BCUT2D eigenvalue weighted by molar-refractivity contribution is 5.96. The van der Waals surface area contributed by atoms with E-state index >= 15 is 0 Å². The average molecular weight is 541 g/mol. The molecule has 0 aromatic heterocycles. The predicted molar refractivity (Wildman–Crippen MR) is 139 cm³/mol. The van der Waals surface area contributed by atoms with Crippen LogP contribution in [-0.2, 0) is 22.6 Å². The summed E-state index contributed by atoms with van der Waals surface area (Å²) < 4.78 is 25.5. The maximum absolute atomic E-state index is 13.8. The lowest BCUT2D eigenvalue weighted by molar-refractivity contribution is -0.138. The number of nitrogens with one attached hydrogen (secondary N) is 1. The molecule has 1 saturated carbocycles. The Hall–Kier alpha value is -3.47. The van der Waals surface area contributed by atoms with Crippen molar-refractivity contribution in [2.75, 3.05) is 26.8 Å². The number of hydrogen-bond donors (Lipinski definition) is 4. The summed E-state index contributed by atoms with van der Waals surface area (Å²) in [5.74, 6) is -1.07. The maximum atomic E-state index is 13.8. The third-order valence-corrected chi connectivity index (χ3v) is 7.59. The second-order valence-corrected chi connectivity index (χ2v) is 10.2. The first-order valence-corrected chi connectivity index (χ1v) is 13.2. The Kier molecular flexibility index (Phi) is 7.88. The lowest BCUT2D eigenvalue weighted by atomic mass is 9.77. The fourth-order valence-corrected chi connectivity index (χ4v) is 5.53. The van der Waals surface area contributed by atoms with Gasteiger partial charge in [-0.25, -0.2) is 4.39 Å². The molecule has 1 heterocycles. The summed E-state index contributed by atoms with van der Waals surface area (Å²) in [5, 5.41) is 33.4. The molecule has 0 radical (unpaired) electrons. The minimum absolute atomic E-state index is 0.0266. The Morgan fingerprint density at radius 1 is 1.18 bits per heavy atom. The zero-order valence-corrected chi connectivity index (χ0v) is 21.7. The average Bonchev–Trinajstić information content (AvgIpc) is 3.72. The van der Waals surface area contributed by atoms with E-state index < -0.39 is 30.1 Å². The van der Waals surface area contributed by atoms with Crippen LogP contribution in [0.5, 0.6) is 11.5 Å². The van der Waals surface area contributed by atoms with Crippen LogP contribution in [0.4, 0.5) is 4.39 Å². The van der Waals surface area contributed by atoms with Crippen molar-refractivity contribution in [2.45, 2.75) is 50.0 Å². The summed E-state index contributed by atoms with van der Waals surface area (Å²) in [6.45, 7) is -0.274. The number of halogens is 1. The smallest absolute Gasteiger partial charge is 0.247 e. The Morgan fingerprint density at radius 2 is 1.97 bits per heavy atom. The van der Waals surface area contributed by atoms with Gasteiger partial charge in [0, 0.05) is 30.1 Å². The highest BCUT2D eigenvalue weighted by Gasteiger charge is 2.52. The lowest BCUT2D eigenvalue weighted by Gasteiger charge is -2.41. The Morgan fingerprint density at radius 3 is 2.64 bits per heavy atom. The largest absolute Gasteiger partial charge is 0.493 e. The van der Waals surface area contributed by atoms with Gasteiger partial charge in [-0.15, -0.1) is 0 Å². The van der Waals surface area contributed by atoms with Gasteiger partial charge in [0.1, 0.15) is 18.0 Å². The minimum atomic E-state index is -1.19. The number of methoxy groups -OCH3 is 1. The van der Waals surface area contributed by atoms with Crippen LogP contribution in [0.15, 0.2) is 48.0 Å². The molecule has 4 atom stereocenters. The first-order valence-electron chi connectivity index (χ1n) is 13.2. The van der Waals surface area contributed by atoms with Crippen molar-refractivity contribution in [1.82, 2.24) is 10.2 Å². The normalized spacial score (nSPS) is 23.3. The molecule has 39 heavy (non-hydrogen) atoms. The number of hydrogen-bond acceptors (Lipinski definition) is 7. The molecule has 4 N–H and O–H groups in total. The summed E-state index contributed by atoms with van der Waals surface area (Å²) in [7, 11) is 1.47. The van der Waals surface area contributed by atoms with E-state index in [0.717, 1.165) is 12.8 Å². The molecule has 0 bridgehead atoms. The van der Waals surface area contributed by atoms with Gasteiger partial charge in [0.2, 0.25) is 11.8 Å². The molecule has 0 spiro atoms. The summed E-state index contributed by atoms with van der Waals surface area (Å²) in [6, 6.07) is 8.64. The lowest BCUT2D eigenvalue weighted by Crippen LogP contribution is -2.56. The van der Waals surface area contributed by atoms with Crippen LogP contribution >= 0.6 is 0 Å². The molecule has 208 valence electrons. The topological polar surface area (TPSA) is 129 Å². The fraction of sp³-hybridized carbons (Fsp3) is 0.448. The van der Waals surface area contributed by atoms with Crippen molar-refractivity contribution in [3.05, 3.63) is 70.6 Å². The molecule has 1 aliphatic heterocycles. The van der Waals surface area contributed by atoms with Crippen LogP contribution in [-0.4, -0.2) is 77.1 Å². The first kappa shape index (κ1) is 27.1. The zero-order valence-electron chi connectivity index (χ0n) is 21.7. The van der Waals surface area contributed by atoms with Crippen molar-refractivity contribution in [3.8, 4) is 11.5 Å². The van der Waals surface area contributed by atoms with Gasteiger partial charge in [0.15, 0.2) is 11.5 Å². The molecule has 1 fully saturated rings. The number of rotatable bonds is 10. The first-order chi connectivity index (χ1) is 18.9. The number of aliphatic hydroxyl groups excluding tert-OH is 3. The molecule has 3 aliphatic rings. The van der Waals surface area contributed by atoms with E-state index in [-0.39, 0.29) is 43.9 Å². The molecule has 2 amide bonds. The highest BCUT2D eigenvalue weighted by atomic mass is 19.1. The molecule has 4 unspecified atom stereocenters. The molecule has 5 rings (SSSR count). The number of aliphatic hydroxyl groups is 3. The van der Waals surface area contributed by atoms with Crippen molar-refractivity contribution in [3.63, 3.8) is 0 Å². The fourth-order valence-electron chi connectivity index (χ4n) is 5.53.